The van der Waals surface area contributed by atoms with Gasteiger partial charge in [-0.25, -0.2) is 0 Å². The Morgan fingerprint density at radius 1 is 1.28 bits per heavy atom. The number of β-amino-alcohol motifs (C(OH)–C–C–N with tert-alkyl or cyclic N) is 1. The Bertz CT molecular complexity index is 844. The van der Waals surface area contributed by atoms with E-state index in [1.54, 1.807) is 24.6 Å². The van der Waals surface area contributed by atoms with E-state index in [1.165, 1.54) is 10.4 Å². The van der Waals surface area contributed by atoms with Gasteiger partial charge in [-0.1, -0.05) is 6.07 Å². The lowest BCUT2D eigenvalue weighted by atomic mass is 10.1. The summed E-state index contributed by atoms with van der Waals surface area (Å²) in [5.41, 5.74) is 3.37. The molecule has 5 nitrogen and oxygen atoms in total. The van der Waals surface area contributed by atoms with Gasteiger partial charge in [0.05, 0.1) is 23.8 Å². The highest BCUT2D eigenvalue weighted by molar-refractivity contribution is 7.18. The average molecular weight is 355 g/mol. The van der Waals surface area contributed by atoms with Crippen molar-refractivity contribution in [1.29, 1.82) is 0 Å². The fraction of sp³-hybridized carbons (Fsp3) is 0.316. The summed E-state index contributed by atoms with van der Waals surface area (Å²) in [6.07, 6.45) is 2.44. The number of aliphatic hydroxyl groups is 1. The minimum Gasteiger partial charge on any atom is -0.496 e. The van der Waals surface area contributed by atoms with Gasteiger partial charge in [0.2, 0.25) is 0 Å². The first-order valence-corrected chi connectivity index (χ1v) is 9.22. The Balaban J connectivity index is 1.62. The van der Waals surface area contributed by atoms with Gasteiger partial charge in [-0.05, 0) is 42.3 Å². The number of likely N-dealkylation sites (tertiary alicyclic amines) is 1. The van der Waals surface area contributed by atoms with Crippen LogP contribution in [0.1, 0.15) is 12.0 Å². The van der Waals surface area contributed by atoms with Crippen molar-refractivity contribution < 1.29 is 9.84 Å². The molecule has 0 amide bonds. The molecule has 0 spiro atoms. The highest BCUT2D eigenvalue weighted by Crippen LogP contribution is 2.38. The second kappa shape index (κ2) is 7.00. The van der Waals surface area contributed by atoms with Crippen LogP contribution in [-0.4, -0.2) is 46.5 Å². The maximum Gasteiger partial charge on any atom is 0.127 e. The molecule has 1 saturated heterocycles. The van der Waals surface area contributed by atoms with Gasteiger partial charge in [-0.15, -0.1) is 11.3 Å². The molecule has 0 bridgehead atoms. The molecule has 2 aromatic heterocycles. The maximum absolute atomic E-state index is 9.72. The maximum atomic E-state index is 9.72. The molecule has 6 heteroatoms. The quantitative estimate of drug-likeness (QED) is 0.737. The summed E-state index contributed by atoms with van der Waals surface area (Å²) in [4.78, 5) is 4.62. The van der Waals surface area contributed by atoms with Crippen molar-refractivity contribution in [1.82, 2.24) is 15.1 Å². The number of rotatable bonds is 5. The SMILES string of the molecule is COc1ccc(CN2CCC(O)C2)cc1-c1ccc(-c2ccn[nH]2)s1. The Kier molecular flexibility index (Phi) is 4.57. The number of nitrogens with one attached hydrogen (secondary N) is 1. The summed E-state index contributed by atoms with van der Waals surface area (Å²) in [5.74, 6) is 0.878. The molecular formula is C19H21N3O2S. The molecule has 3 heterocycles. The number of aliphatic hydroxyl groups excluding tert-OH is 1. The molecule has 0 aliphatic carbocycles. The predicted octanol–water partition coefficient (Wildman–Crippen LogP) is 3.38. The zero-order valence-corrected chi connectivity index (χ0v) is 14.9. The van der Waals surface area contributed by atoms with Gasteiger partial charge in [-0.3, -0.25) is 10.00 Å². The Hall–Kier alpha value is -2.15. The van der Waals surface area contributed by atoms with Crippen molar-refractivity contribution in [2.24, 2.45) is 0 Å². The first kappa shape index (κ1) is 16.3. The van der Waals surface area contributed by atoms with Crippen molar-refractivity contribution in [2.75, 3.05) is 20.2 Å². The first-order valence-electron chi connectivity index (χ1n) is 8.40. The number of nitrogens with zero attached hydrogens (tertiary/aromatic N) is 2. The molecule has 0 saturated carbocycles. The normalized spacial score (nSPS) is 17.9. The van der Waals surface area contributed by atoms with Crippen LogP contribution in [0.3, 0.4) is 0 Å². The average Bonchev–Trinajstić information content (AvgIpc) is 3.36. The van der Waals surface area contributed by atoms with Crippen LogP contribution in [-0.2, 0) is 6.54 Å². The highest BCUT2D eigenvalue weighted by atomic mass is 32.1. The molecular weight excluding hydrogens is 334 g/mol. The molecule has 1 fully saturated rings. The standard InChI is InChI=1S/C19H21N3O2S/c1-24-17-3-2-13(11-22-9-7-14(23)12-22)10-15(17)18-4-5-19(25-18)16-6-8-20-21-16/h2-6,8,10,14,23H,7,9,11-12H2,1H3,(H,20,21). The third-order valence-corrected chi connectivity index (χ3v) is 5.71. The van der Waals surface area contributed by atoms with Crippen LogP contribution < -0.4 is 4.74 Å². The van der Waals surface area contributed by atoms with Crippen LogP contribution in [0.25, 0.3) is 21.0 Å². The van der Waals surface area contributed by atoms with E-state index >= 15 is 0 Å². The zero-order valence-electron chi connectivity index (χ0n) is 14.1. The molecule has 1 atom stereocenters. The second-order valence-corrected chi connectivity index (χ2v) is 7.43. The van der Waals surface area contributed by atoms with Gasteiger partial charge in [0.15, 0.2) is 0 Å². The number of thiophene rings is 1. The third-order valence-electron chi connectivity index (χ3n) is 4.56. The van der Waals surface area contributed by atoms with E-state index in [0.717, 1.165) is 47.9 Å². The van der Waals surface area contributed by atoms with Crippen molar-refractivity contribution in [3.05, 3.63) is 48.2 Å². The van der Waals surface area contributed by atoms with Gasteiger partial charge < -0.3 is 9.84 Å². The predicted molar refractivity (Wildman–Crippen MR) is 99.8 cm³/mol. The molecule has 2 N–H and O–H groups in total. The molecule has 1 aliphatic heterocycles. The minimum absolute atomic E-state index is 0.188. The van der Waals surface area contributed by atoms with E-state index in [-0.39, 0.29) is 6.10 Å². The van der Waals surface area contributed by atoms with Crippen LogP contribution in [0.2, 0.25) is 0 Å². The molecule has 4 rings (SSSR count). The van der Waals surface area contributed by atoms with Crippen LogP contribution in [0.5, 0.6) is 5.75 Å². The van der Waals surface area contributed by atoms with Crippen LogP contribution in [0.15, 0.2) is 42.6 Å². The lowest BCUT2D eigenvalue weighted by molar-refractivity contribution is 0.175. The number of H-pyrrole nitrogens is 1. The van der Waals surface area contributed by atoms with Crippen molar-refractivity contribution in [3.63, 3.8) is 0 Å². The van der Waals surface area contributed by atoms with Gasteiger partial charge >= 0.3 is 0 Å². The molecule has 3 aromatic rings. The van der Waals surface area contributed by atoms with E-state index in [0.29, 0.717) is 0 Å². The lowest BCUT2D eigenvalue weighted by Gasteiger charge is -2.16. The van der Waals surface area contributed by atoms with Gasteiger partial charge in [0.1, 0.15) is 5.75 Å². The Labute approximate surface area is 150 Å². The van der Waals surface area contributed by atoms with Crippen molar-refractivity contribution in [3.8, 4) is 26.8 Å². The molecule has 1 aliphatic rings. The van der Waals surface area contributed by atoms with E-state index in [4.69, 9.17) is 4.74 Å². The number of ether oxygens (including phenoxy) is 1. The van der Waals surface area contributed by atoms with E-state index < -0.39 is 0 Å². The van der Waals surface area contributed by atoms with Crippen LogP contribution in [0.4, 0.5) is 0 Å². The summed E-state index contributed by atoms with van der Waals surface area (Å²) in [7, 11) is 1.71. The Morgan fingerprint density at radius 3 is 2.88 bits per heavy atom. The number of hydrogen-bond donors (Lipinski definition) is 2. The van der Waals surface area contributed by atoms with Crippen molar-refractivity contribution in [2.45, 2.75) is 19.1 Å². The number of aromatic nitrogens is 2. The number of aromatic amines is 1. The van der Waals surface area contributed by atoms with Gasteiger partial charge in [0.25, 0.3) is 0 Å². The molecule has 1 unspecified atom stereocenters. The molecule has 1 aromatic carbocycles. The monoisotopic (exact) mass is 355 g/mol. The molecule has 25 heavy (non-hydrogen) atoms. The third kappa shape index (κ3) is 3.46. The van der Waals surface area contributed by atoms with E-state index in [9.17, 15) is 5.11 Å². The number of hydrogen-bond acceptors (Lipinski definition) is 5. The topological polar surface area (TPSA) is 61.4 Å². The highest BCUT2D eigenvalue weighted by Gasteiger charge is 2.20. The second-order valence-electron chi connectivity index (χ2n) is 6.35. The fourth-order valence-electron chi connectivity index (χ4n) is 3.28. The smallest absolute Gasteiger partial charge is 0.127 e. The summed E-state index contributed by atoms with van der Waals surface area (Å²) >= 11 is 1.72. The Morgan fingerprint density at radius 2 is 2.16 bits per heavy atom. The summed E-state index contributed by atoms with van der Waals surface area (Å²) in [6, 6.07) is 12.6. The minimum atomic E-state index is -0.188. The van der Waals surface area contributed by atoms with E-state index in [2.05, 4.69) is 39.4 Å². The van der Waals surface area contributed by atoms with E-state index in [1.807, 2.05) is 12.1 Å². The molecule has 0 radical (unpaired) electrons. The zero-order chi connectivity index (χ0) is 17.2. The summed E-state index contributed by atoms with van der Waals surface area (Å²) in [5, 5.41) is 16.7. The summed E-state index contributed by atoms with van der Waals surface area (Å²) in [6.45, 7) is 2.56. The first-order chi connectivity index (χ1) is 12.2. The van der Waals surface area contributed by atoms with Crippen LogP contribution >= 0.6 is 11.3 Å². The lowest BCUT2D eigenvalue weighted by Crippen LogP contribution is -2.21. The fourth-order valence-corrected chi connectivity index (χ4v) is 4.28. The largest absolute Gasteiger partial charge is 0.496 e. The molecule has 130 valence electrons. The van der Waals surface area contributed by atoms with Gasteiger partial charge in [-0.2, -0.15) is 5.10 Å². The van der Waals surface area contributed by atoms with Gasteiger partial charge in [0, 0.05) is 36.3 Å². The number of methoxy groups -OCH3 is 1. The number of benzene rings is 1. The van der Waals surface area contributed by atoms with Crippen LogP contribution in [0, 0.1) is 0 Å². The van der Waals surface area contributed by atoms with Crippen molar-refractivity contribution >= 4 is 11.3 Å². The summed E-state index contributed by atoms with van der Waals surface area (Å²) < 4.78 is 5.57.